The minimum absolute atomic E-state index is 0.0309. The van der Waals surface area contributed by atoms with Crippen LogP contribution >= 0.6 is 0 Å². The Balaban J connectivity index is 1.43. The van der Waals surface area contributed by atoms with Gasteiger partial charge in [0.15, 0.2) is 0 Å². The Morgan fingerprint density at radius 1 is 1.23 bits per heavy atom. The summed E-state index contributed by atoms with van der Waals surface area (Å²) in [6, 6.07) is 4.40. The molecule has 3 aromatic rings. The van der Waals surface area contributed by atoms with E-state index in [0.717, 1.165) is 48.2 Å². The van der Waals surface area contributed by atoms with Crippen LogP contribution in [0.15, 0.2) is 24.5 Å². The molecule has 7 heteroatoms. The number of likely N-dealkylation sites (tertiary alicyclic amines) is 1. The molecule has 1 N–H and O–H groups in total. The summed E-state index contributed by atoms with van der Waals surface area (Å²) in [5, 5.41) is 6.07. The van der Waals surface area contributed by atoms with Crippen molar-refractivity contribution in [2.75, 3.05) is 13.1 Å². The second-order valence-electron chi connectivity index (χ2n) is 10.3. The standard InChI is InChI=1S/C24H31N5O2/c1-15(2)18-13-26-21-17(18)10-16(12-25-21)19-11-20-24(7-9-29(20)27-19)6-8-28(14-24)22(30)31-23(3,4)5/h10-13,15H,6-9,14H2,1-5H3,(H,25,26). The van der Waals surface area contributed by atoms with Crippen LogP contribution in [0.1, 0.15) is 64.6 Å². The molecule has 5 heterocycles. The highest BCUT2D eigenvalue weighted by molar-refractivity contribution is 5.84. The van der Waals surface area contributed by atoms with Crippen molar-refractivity contribution in [3.05, 3.63) is 35.8 Å². The van der Waals surface area contributed by atoms with Crippen LogP contribution in [0.25, 0.3) is 22.3 Å². The zero-order valence-electron chi connectivity index (χ0n) is 19.0. The molecule has 1 spiro atoms. The average Bonchev–Trinajstić information content (AvgIpc) is 3.44. The van der Waals surface area contributed by atoms with Crippen LogP contribution in [0.4, 0.5) is 4.79 Å². The Labute approximate surface area is 182 Å². The van der Waals surface area contributed by atoms with E-state index in [1.165, 1.54) is 11.3 Å². The van der Waals surface area contributed by atoms with E-state index in [1.54, 1.807) is 0 Å². The van der Waals surface area contributed by atoms with E-state index >= 15 is 0 Å². The van der Waals surface area contributed by atoms with Crippen LogP contribution < -0.4 is 0 Å². The molecule has 0 radical (unpaired) electrons. The average molecular weight is 422 g/mol. The zero-order chi connectivity index (χ0) is 22.0. The number of hydrogen-bond donors (Lipinski definition) is 1. The summed E-state index contributed by atoms with van der Waals surface area (Å²) in [4.78, 5) is 22.4. The lowest BCUT2D eigenvalue weighted by molar-refractivity contribution is 0.0284. The molecule has 7 nitrogen and oxygen atoms in total. The molecule has 1 unspecified atom stereocenters. The van der Waals surface area contributed by atoms with Crippen molar-refractivity contribution in [1.29, 1.82) is 0 Å². The molecule has 3 aromatic heterocycles. The molecule has 2 aliphatic heterocycles. The number of hydrogen-bond acceptors (Lipinski definition) is 4. The van der Waals surface area contributed by atoms with Crippen LogP contribution in [0.3, 0.4) is 0 Å². The quantitative estimate of drug-likeness (QED) is 0.643. The predicted molar refractivity (Wildman–Crippen MR) is 120 cm³/mol. The number of carbonyl (C=O) groups is 1. The molecule has 31 heavy (non-hydrogen) atoms. The van der Waals surface area contributed by atoms with Crippen molar-refractivity contribution >= 4 is 17.1 Å². The summed E-state index contributed by atoms with van der Waals surface area (Å²) in [6.07, 6.45) is 5.70. The molecule has 164 valence electrons. The van der Waals surface area contributed by atoms with Crippen LogP contribution in [0, 0.1) is 0 Å². The fourth-order valence-electron chi connectivity index (χ4n) is 5.01. The monoisotopic (exact) mass is 421 g/mol. The SMILES string of the molecule is CC(C)c1c[nH]c2ncc(-c3cc4n(n3)CCC43CCN(C(=O)OC(C)(C)C)C3)cc12. The summed E-state index contributed by atoms with van der Waals surface area (Å²) in [7, 11) is 0. The number of nitrogens with zero attached hydrogens (tertiary/aromatic N) is 4. The first-order chi connectivity index (χ1) is 14.7. The van der Waals surface area contributed by atoms with Crippen molar-refractivity contribution in [3.8, 4) is 11.3 Å². The maximum absolute atomic E-state index is 12.6. The molecule has 1 amide bonds. The summed E-state index contributed by atoms with van der Waals surface area (Å²) >= 11 is 0. The Hall–Kier alpha value is -2.83. The van der Waals surface area contributed by atoms with Crippen LogP contribution in [0.5, 0.6) is 0 Å². The smallest absolute Gasteiger partial charge is 0.410 e. The van der Waals surface area contributed by atoms with Gasteiger partial charge in [-0.1, -0.05) is 13.8 Å². The van der Waals surface area contributed by atoms with E-state index < -0.39 is 5.60 Å². The van der Waals surface area contributed by atoms with E-state index in [1.807, 2.05) is 31.9 Å². The van der Waals surface area contributed by atoms with E-state index in [-0.39, 0.29) is 11.5 Å². The molecule has 0 saturated carbocycles. The third-order valence-electron chi connectivity index (χ3n) is 6.61. The number of aryl methyl sites for hydroxylation is 1. The maximum Gasteiger partial charge on any atom is 0.410 e. The number of pyridine rings is 1. The van der Waals surface area contributed by atoms with Crippen molar-refractivity contribution in [2.45, 2.75) is 70.9 Å². The fourth-order valence-corrected chi connectivity index (χ4v) is 5.01. The van der Waals surface area contributed by atoms with Gasteiger partial charge < -0.3 is 14.6 Å². The number of carbonyl (C=O) groups excluding carboxylic acids is 1. The number of aromatic amines is 1. The lowest BCUT2D eigenvalue weighted by Gasteiger charge is -2.26. The third-order valence-corrected chi connectivity index (χ3v) is 6.61. The first kappa shape index (κ1) is 20.1. The second kappa shape index (κ2) is 6.84. The highest BCUT2D eigenvalue weighted by Crippen LogP contribution is 2.44. The Morgan fingerprint density at radius 3 is 2.74 bits per heavy atom. The lowest BCUT2D eigenvalue weighted by Crippen LogP contribution is -2.37. The Bertz CT molecular complexity index is 1150. The predicted octanol–water partition coefficient (Wildman–Crippen LogP) is 4.83. The van der Waals surface area contributed by atoms with Crippen molar-refractivity contribution in [3.63, 3.8) is 0 Å². The van der Waals surface area contributed by atoms with Gasteiger partial charge in [-0.15, -0.1) is 0 Å². The number of amides is 1. The zero-order valence-corrected chi connectivity index (χ0v) is 19.0. The summed E-state index contributed by atoms with van der Waals surface area (Å²) in [5.41, 5.74) is 4.90. The highest BCUT2D eigenvalue weighted by atomic mass is 16.6. The van der Waals surface area contributed by atoms with E-state index in [2.05, 4.69) is 46.8 Å². The normalized spacial score (nSPS) is 20.9. The van der Waals surface area contributed by atoms with Gasteiger partial charge in [0, 0.05) is 54.1 Å². The first-order valence-corrected chi connectivity index (χ1v) is 11.2. The molecule has 1 fully saturated rings. The summed E-state index contributed by atoms with van der Waals surface area (Å²) in [5.74, 6) is 0.429. The van der Waals surface area contributed by atoms with Crippen LogP contribution in [-0.4, -0.2) is 49.4 Å². The molecule has 0 aliphatic carbocycles. The van der Waals surface area contributed by atoms with Gasteiger partial charge in [-0.25, -0.2) is 9.78 Å². The highest BCUT2D eigenvalue weighted by Gasteiger charge is 2.47. The van der Waals surface area contributed by atoms with E-state index in [9.17, 15) is 4.79 Å². The number of H-pyrrole nitrogens is 1. The van der Waals surface area contributed by atoms with Gasteiger partial charge in [0.25, 0.3) is 0 Å². The van der Waals surface area contributed by atoms with Gasteiger partial charge in [-0.05, 0) is 57.2 Å². The van der Waals surface area contributed by atoms with Crippen LogP contribution in [0.2, 0.25) is 0 Å². The van der Waals surface area contributed by atoms with Gasteiger partial charge in [-0.2, -0.15) is 5.10 Å². The van der Waals surface area contributed by atoms with Gasteiger partial charge in [0.1, 0.15) is 11.2 Å². The molecule has 0 aromatic carbocycles. The van der Waals surface area contributed by atoms with Gasteiger partial charge in [0.05, 0.1) is 5.69 Å². The van der Waals surface area contributed by atoms with Crippen molar-refractivity contribution < 1.29 is 9.53 Å². The van der Waals surface area contributed by atoms with Gasteiger partial charge in [0.2, 0.25) is 0 Å². The molecular weight excluding hydrogens is 390 g/mol. The molecule has 5 rings (SSSR count). The Morgan fingerprint density at radius 2 is 2.00 bits per heavy atom. The molecule has 1 saturated heterocycles. The summed E-state index contributed by atoms with van der Waals surface area (Å²) in [6.45, 7) is 12.4. The Kier molecular flexibility index (Phi) is 4.43. The topological polar surface area (TPSA) is 76.0 Å². The molecule has 0 bridgehead atoms. The third kappa shape index (κ3) is 3.40. The van der Waals surface area contributed by atoms with E-state index in [4.69, 9.17) is 9.84 Å². The lowest BCUT2D eigenvalue weighted by atomic mass is 9.82. The summed E-state index contributed by atoms with van der Waals surface area (Å²) < 4.78 is 7.73. The number of nitrogens with one attached hydrogen (secondary N) is 1. The molecular formula is C24H31N5O2. The van der Waals surface area contributed by atoms with Crippen molar-refractivity contribution in [2.24, 2.45) is 0 Å². The maximum atomic E-state index is 12.6. The largest absolute Gasteiger partial charge is 0.444 e. The molecule has 2 aliphatic rings. The minimum Gasteiger partial charge on any atom is -0.444 e. The van der Waals surface area contributed by atoms with Crippen molar-refractivity contribution in [1.82, 2.24) is 24.6 Å². The fraction of sp³-hybridized carbons (Fsp3) is 0.542. The second-order valence-corrected chi connectivity index (χ2v) is 10.3. The molecule has 1 atom stereocenters. The minimum atomic E-state index is -0.476. The first-order valence-electron chi connectivity index (χ1n) is 11.2. The number of ether oxygens (including phenoxy) is 1. The number of fused-ring (bicyclic) bond motifs is 3. The van der Waals surface area contributed by atoms with Gasteiger partial charge >= 0.3 is 6.09 Å². The van der Waals surface area contributed by atoms with Crippen LogP contribution in [-0.2, 0) is 16.7 Å². The number of aromatic nitrogens is 4. The van der Waals surface area contributed by atoms with Gasteiger partial charge in [-0.3, -0.25) is 4.68 Å². The number of rotatable bonds is 2. The van der Waals surface area contributed by atoms with E-state index in [0.29, 0.717) is 12.5 Å².